The van der Waals surface area contributed by atoms with Gasteiger partial charge in [0.25, 0.3) is 0 Å². The molecular formula is C8H4F3IN2O5. The first-order chi connectivity index (χ1) is 8.65. The van der Waals surface area contributed by atoms with Crippen molar-refractivity contribution >= 4 is 34.4 Å². The van der Waals surface area contributed by atoms with Crippen LogP contribution in [0.1, 0.15) is 10.4 Å². The van der Waals surface area contributed by atoms with Gasteiger partial charge in [-0.15, -0.1) is 13.2 Å². The highest BCUT2D eigenvalue weighted by Gasteiger charge is 2.36. The van der Waals surface area contributed by atoms with Crippen LogP contribution in [0.25, 0.3) is 0 Å². The first kappa shape index (κ1) is 15.4. The van der Waals surface area contributed by atoms with Crippen molar-refractivity contribution < 1.29 is 32.4 Å². The second kappa shape index (κ2) is 5.54. The maximum atomic E-state index is 12.0. The number of pyridine rings is 1. The SMILES string of the molecule is COC(=O)c1c(I)cc(OC(F)(F)F)nc1[N+](=O)[O-]. The zero-order valence-electron chi connectivity index (χ0n) is 9.02. The number of nitro groups is 1. The first-order valence-electron chi connectivity index (χ1n) is 4.34. The van der Waals surface area contributed by atoms with Gasteiger partial charge in [-0.1, -0.05) is 0 Å². The third-order valence-corrected chi connectivity index (χ3v) is 2.56. The van der Waals surface area contributed by atoms with Gasteiger partial charge in [-0.25, -0.2) is 4.79 Å². The molecule has 0 N–H and O–H groups in total. The molecule has 0 atom stereocenters. The van der Waals surface area contributed by atoms with Gasteiger partial charge in [0.1, 0.15) is 0 Å². The van der Waals surface area contributed by atoms with Gasteiger partial charge in [0.05, 0.1) is 7.11 Å². The molecule has 0 saturated heterocycles. The molecule has 1 rings (SSSR count). The minimum absolute atomic E-state index is 0.148. The number of rotatable bonds is 3. The van der Waals surface area contributed by atoms with Crippen LogP contribution in [-0.2, 0) is 4.74 Å². The van der Waals surface area contributed by atoms with Crippen LogP contribution in [0.5, 0.6) is 5.88 Å². The minimum Gasteiger partial charge on any atom is -0.465 e. The van der Waals surface area contributed by atoms with Crippen LogP contribution >= 0.6 is 22.6 Å². The first-order valence-corrected chi connectivity index (χ1v) is 5.42. The van der Waals surface area contributed by atoms with Crippen LogP contribution < -0.4 is 4.74 Å². The van der Waals surface area contributed by atoms with E-state index in [2.05, 4.69) is 14.5 Å². The van der Waals surface area contributed by atoms with E-state index in [1.54, 1.807) is 0 Å². The van der Waals surface area contributed by atoms with Gasteiger partial charge in [-0.2, -0.15) is 0 Å². The summed E-state index contributed by atoms with van der Waals surface area (Å²) in [5, 5.41) is 10.7. The lowest BCUT2D eigenvalue weighted by Crippen LogP contribution is -2.19. The third kappa shape index (κ3) is 3.90. The smallest absolute Gasteiger partial charge is 0.465 e. The Kier molecular flexibility index (Phi) is 4.49. The summed E-state index contributed by atoms with van der Waals surface area (Å²) in [6.45, 7) is 0. The Morgan fingerprint density at radius 1 is 1.53 bits per heavy atom. The molecule has 1 heterocycles. The molecule has 19 heavy (non-hydrogen) atoms. The van der Waals surface area contributed by atoms with Gasteiger partial charge in [-0.3, -0.25) is 0 Å². The molecule has 7 nitrogen and oxygen atoms in total. The summed E-state index contributed by atoms with van der Waals surface area (Å²) in [4.78, 5) is 24.0. The van der Waals surface area contributed by atoms with Gasteiger partial charge in [0.2, 0.25) is 0 Å². The lowest BCUT2D eigenvalue weighted by Gasteiger charge is -2.07. The second-order valence-corrected chi connectivity index (χ2v) is 4.10. The highest BCUT2D eigenvalue weighted by atomic mass is 127. The van der Waals surface area contributed by atoms with Crippen LogP contribution in [-0.4, -0.2) is 29.3 Å². The fourth-order valence-electron chi connectivity index (χ4n) is 1.07. The van der Waals surface area contributed by atoms with E-state index < -0.39 is 34.5 Å². The van der Waals surface area contributed by atoms with E-state index in [1.807, 2.05) is 0 Å². The van der Waals surface area contributed by atoms with E-state index in [-0.39, 0.29) is 3.57 Å². The molecule has 0 aromatic carbocycles. The fourth-order valence-corrected chi connectivity index (χ4v) is 1.80. The summed E-state index contributed by atoms with van der Waals surface area (Å²) < 4.78 is 43.6. The van der Waals surface area contributed by atoms with E-state index in [4.69, 9.17) is 0 Å². The monoisotopic (exact) mass is 392 g/mol. The van der Waals surface area contributed by atoms with Crippen molar-refractivity contribution in [3.8, 4) is 5.88 Å². The molecular weight excluding hydrogens is 388 g/mol. The number of aromatic nitrogens is 1. The maximum absolute atomic E-state index is 12.0. The Hall–Kier alpha value is -1.66. The van der Waals surface area contributed by atoms with E-state index in [0.29, 0.717) is 0 Å². The number of hydrogen-bond acceptors (Lipinski definition) is 6. The number of hydrogen-bond donors (Lipinski definition) is 0. The van der Waals surface area contributed by atoms with E-state index in [0.717, 1.165) is 13.2 Å². The van der Waals surface area contributed by atoms with Crippen molar-refractivity contribution in [2.75, 3.05) is 7.11 Å². The summed E-state index contributed by atoms with van der Waals surface area (Å²) in [5.74, 6) is -3.18. The van der Waals surface area contributed by atoms with E-state index >= 15 is 0 Å². The predicted molar refractivity (Wildman–Crippen MR) is 61.6 cm³/mol. The zero-order valence-corrected chi connectivity index (χ0v) is 11.2. The molecule has 0 aliphatic heterocycles. The van der Waals surface area contributed by atoms with E-state index in [9.17, 15) is 28.1 Å². The topological polar surface area (TPSA) is 91.6 Å². The summed E-state index contributed by atoms with van der Waals surface area (Å²) in [7, 11) is 0.974. The van der Waals surface area contributed by atoms with Crippen molar-refractivity contribution in [3.05, 3.63) is 25.3 Å². The molecule has 104 valence electrons. The largest absolute Gasteiger partial charge is 0.575 e. The number of nitrogens with zero attached hydrogens (tertiary/aromatic N) is 2. The summed E-state index contributed by atoms with van der Waals surface area (Å²) >= 11 is 1.44. The van der Waals surface area contributed by atoms with Gasteiger partial charge in [0.15, 0.2) is 5.56 Å². The number of halogens is 4. The molecule has 0 saturated carbocycles. The fraction of sp³-hybridized carbons (Fsp3) is 0.250. The number of ether oxygens (including phenoxy) is 2. The summed E-state index contributed by atoms with van der Waals surface area (Å²) in [5.41, 5.74) is -0.539. The molecule has 0 radical (unpaired) electrons. The molecule has 11 heteroatoms. The Balaban J connectivity index is 3.38. The minimum atomic E-state index is -5.04. The Bertz CT molecular complexity index is 534. The van der Waals surface area contributed by atoms with E-state index in [1.165, 1.54) is 22.6 Å². The number of esters is 1. The Morgan fingerprint density at radius 2 is 2.11 bits per heavy atom. The van der Waals surface area contributed by atoms with Crippen molar-refractivity contribution in [2.45, 2.75) is 6.36 Å². The number of methoxy groups -OCH3 is 1. The highest BCUT2D eigenvalue weighted by molar-refractivity contribution is 14.1. The van der Waals surface area contributed by atoms with Gasteiger partial charge < -0.3 is 19.6 Å². The lowest BCUT2D eigenvalue weighted by atomic mass is 10.2. The second-order valence-electron chi connectivity index (χ2n) is 2.94. The summed E-state index contributed by atoms with van der Waals surface area (Å²) in [6, 6.07) is 0.743. The normalized spacial score (nSPS) is 11.0. The third-order valence-electron chi connectivity index (χ3n) is 1.71. The highest BCUT2D eigenvalue weighted by Crippen LogP contribution is 2.29. The standard InChI is InChI=1S/C8H4F3IN2O5/c1-18-7(15)5-3(12)2-4(19-8(9,10)11)13-6(5)14(16)17/h2H,1H3. The maximum Gasteiger partial charge on any atom is 0.575 e. The summed E-state index contributed by atoms with van der Waals surface area (Å²) in [6.07, 6.45) is -5.04. The number of carbonyl (C=O) groups is 1. The van der Waals surface area contributed by atoms with Gasteiger partial charge in [0, 0.05) is 14.6 Å². The Labute approximate surface area is 117 Å². The average molecular weight is 392 g/mol. The van der Waals surface area contributed by atoms with Crippen molar-refractivity contribution in [1.29, 1.82) is 0 Å². The zero-order chi connectivity index (χ0) is 14.8. The van der Waals surface area contributed by atoms with Crippen LogP contribution in [0.2, 0.25) is 0 Å². The predicted octanol–water partition coefficient (Wildman–Crippen LogP) is 2.28. The molecule has 0 aliphatic rings. The lowest BCUT2D eigenvalue weighted by molar-refractivity contribution is -0.390. The molecule has 0 unspecified atom stereocenters. The molecule has 1 aromatic rings. The number of alkyl halides is 3. The quantitative estimate of drug-likeness (QED) is 0.339. The molecule has 0 bridgehead atoms. The van der Waals surface area contributed by atoms with Crippen LogP contribution in [0, 0.1) is 13.7 Å². The molecule has 0 spiro atoms. The van der Waals surface area contributed by atoms with Crippen LogP contribution in [0.3, 0.4) is 0 Å². The molecule has 1 aromatic heterocycles. The number of carbonyl (C=O) groups excluding carboxylic acids is 1. The average Bonchev–Trinajstić information content (AvgIpc) is 2.24. The molecule has 0 aliphatic carbocycles. The van der Waals surface area contributed by atoms with Crippen molar-refractivity contribution in [3.63, 3.8) is 0 Å². The van der Waals surface area contributed by atoms with Crippen LogP contribution in [0.15, 0.2) is 6.07 Å². The van der Waals surface area contributed by atoms with Crippen molar-refractivity contribution in [2.24, 2.45) is 0 Å². The Morgan fingerprint density at radius 3 is 2.53 bits per heavy atom. The molecule has 0 fully saturated rings. The van der Waals surface area contributed by atoms with Crippen molar-refractivity contribution in [1.82, 2.24) is 4.98 Å². The molecule has 0 amide bonds. The van der Waals surface area contributed by atoms with Crippen LogP contribution in [0.4, 0.5) is 19.0 Å². The van der Waals surface area contributed by atoms with Gasteiger partial charge in [-0.05, 0) is 27.5 Å². The van der Waals surface area contributed by atoms with Gasteiger partial charge >= 0.3 is 24.0 Å².